The molecule has 0 saturated carbocycles. The minimum atomic E-state index is -3.31. The number of hydrogen-bond donors (Lipinski definition) is 0. The monoisotopic (exact) mass is 360 g/mol. The summed E-state index contributed by atoms with van der Waals surface area (Å²) in [5.41, 5.74) is 2.39. The zero-order chi connectivity index (χ0) is 17.2. The van der Waals surface area contributed by atoms with E-state index in [1.165, 1.54) is 0 Å². The molecule has 6 heteroatoms. The fourth-order valence-electron chi connectivity index (χ4n) is 2.46. The first-order chi connectivity index (χ1) is 11.5. The molecule has 0 aliphatic heterocycles. The minimum absolute atomic E-state index is 0.00379. The number of sulfone groups is 1. The van der Waals surface area contributed by atoms with Crippen LogP contribution in [0.25, 0.3) is 5.69 Å². The van der Waals surface area contributed by atoms with Crippen LogP contribution in [0.2, 0.25) is 5.02 Å². The fraction of sp³-hybridized carbons (Fsp3) is 0.167. The third-order valence-corrected chi connectivity index (χ3v) is 6.29. The standard InChI is InChI=1S/C18H17ClN2O2S/c1-14(16-5-7-17(19)8-6-16)24(22,23)13-15-3-9-18(10-4-15)21-12-2-11-20-21/h2-12,14H,13H2,1H3/t14-/m0/s1. The van der Waals surface area contributed by atoms with Crippen LogP contribution in [0.3, 0.4) is 0 Å². The summed E-state index contributed by atoms with van der Waals surface area (Å²) in [6.45, 7) is 1.71. The van der Waals surface area contributed by atoms with Gasteiger partial charge in [0.25, 0.3) is 0 Å². The van der Waals surface area contributed by atoms with Crippen molar-refractivity contribution in [2.75, 3.05) is 0 Å². The van der Waals surface area contributed by atoms with Gasteiger partial charge in [0, 0.05) is 17.4 Å². The minimum Gasteiger partial charge on any atom is -0.241 e. The molecule has 124 valence electrons. The molecule has 0 amide bonds. The second-order valence-corrected chi connectivity index (χ2v) is 8.38. The molecule has 2 aromatic carbocycles. The van der Waals surface area contributed by atoms with Gasteiger partial charge in [-0.3, -0.25) is 0 Å². The van der Waals surface area contributed by atoms with Gasteiger partial charge >= 0.3 is 0 Å². The molecule has 0 aliphatic rings. The van der Waals surface area contributed by atoms with Crippen LogP contribution in [0.15, 0.2) is 67.0 Å². The maximum Gasteiger partial charge on any atom is 0.161 e. The van der Waals surface area contributed by atoms with Gasteiger partial charge in [-0.1, -0.05) is 35.9 Å². The molecule has 1 aromatic heterocycles. The third kappa shape index (κ3) is 3.68. The van der Waals surface area contributed by atoms with Crippen molar-refractivity contribution < 1.29 is 8.42 Å². The predicted octanol–water partition coefficient (Wildman–Crippen LogP) is 4.20. The smallest absolute Gasteiger partial charge is 0.161 e. The fourth-order valence-corrected chi connectivity index (χ4v) is 4.07. The molecule has 0 aliphatic carbocycles. The summed E-state index contributed by atoms with van der Waals surface area (Å²) in [6, 6.07) is 16.1. The first kappa shape index (κ1) is 16.7. The van der Waals surface area contributed by atoms with Crippen LogP contribution in [0.1, 0.15) is 23.3 Å². The highest BCUT2D eigenvalue weighted by molar-refractivity contribution is 7.90. The number of halogens is 1. The van der Waals surface area contributed by atoms with Gasteiger partial charge in [-0.2, -0.15) is 5.10 Å². The molecule has 0 saturated heterocycles. The van der Waals surface area contributed by atoms with Crippen molar-refractivity contribution in [3.8, 4) is 5.69 Å². The summed E-state index contributed by atoms with van der Waals surface area (Å²) >= 11 is 5.86. The predicted molar refractivity (Wildman–Crippen MR) is 96.1 cm³/mol. The van der Waals surface area contributed by atoms with Crippen molar-refractivity contribution in [3.63, 3.8) is 0 Å². The Hall–Kier alpha value is -2.11. The zero-order valence-electron chi connectivity index (χ0n) is 13.1. The lowest BCUT2D eigenvalue weighted by Gasteiger charge is -2.14. The van der Waals surface area contributed by atoms with Crippen LogP contribution >= 0.6 is 11.6 Å². The van der Waals surface area contributed by atoms with E-state index >= 15 is 0 Å². The number of benzene rings is 2. The van der Waals surface area contributed by atoms with Gasteiger partial charge in [0.05, 0.1) is 16.7 Å². The molecule has 1 atom stereocenters. The van der Waals surface area contributed by atoms with E-state index in [0.29, 0.717) is 5.02 Å². The maximum atomic E-state index is 12.6. The molecule has 0 unspecified atom stereocenters. The summed E-state index contributed by atoms with van der Waals surface area (Å²) in [7, 11) is -3.31. The van der Waals surface area contributed by atoms with E-state index < -0.39 is 15.1 Å². The van der Waals surface area contributed by atoms with E-state index in [1.54, 1.807) is 42.1 Å². The lowest BCUT2D eigenvalue weighted by atomic mass is 10.2. The average Bonchev–Trinajstić information content (AvgIpc) is 3.10. The molecule has 24 heavy (non-hydrogen) atoms. The van der Waals surface area contributed by atoms with E-state index in [-0.39, 0.29) is 5.75 Å². The third-order valence-electron chi connectivity index (χ3n) is 3.95. The van der Waals surface area contributed by atoms with E-state index in [4.69, 9.17) is 11.6 Å². The Morgan fingerprint density at radius 3 is 2.33 bits per heavy atom. The van der Waals surface area contributed by atoms with Gasteiger partial charge < -0.3 is 0 Å². The van der Waals surface area contributed by atoms with Crippen molar-refractivity contribution in [2.45, 2.75) is 17.9 Å². The van der Waals surface area contributed by atoms with Crippen LogP contribution < -0.4 is 0 Å². The Labute approximate surface area is 146 Å². The maximum absolute atomic E-state index is 12.6. The van der Waals surface area contributed by atoms with Crippen molar-refractivity contribution >= 4 is 21.4 Å². The summed E-state index contributed by atoms with van der Waals surface area (Å²) in [6.07, 6.45) is 3.54. The molecule has 3 aromatic rings. The molecule has 0 radical (unpaired) electrons. The van der Waals surface area contributed by atoms with Crippen LogP contribution in [0.4, 0.5) is 0 Å². The van der Waals surface area contributed by atoms with Crippen LogP contribution in [-0.2, 0) is 15.6 Å². The quantitative estimate of drug-likeness (QED) is 0.685. The van der Waals surface area contributed by atoms with Gasteiger partial charge in [-0.05, 0) is 48.4 Å². The molecule has 4 nitrogen and oxygen atoms in total. The second-order valence-electron chi connectivity index (χ2n) is 5.62. The lowest BCUT2D eigenvalue weighted by Crippen LogP contribution is -2.13. The average molecular weight is 361 g/mol. The van der Waals surface area contributed by atoms with Crippen molar-refractivity contribution in [1.29, 1.82) is 0 Å². The van der Waals surface area contributed by atoms with E-state index in [9.17, 15) is 8.42 Å². The molecule has 0 fully saturated rings. The molecule has 1 heterocycles. The Morgan fingerprint density at radius 1 is 1.08 bits per heavy atom. The van der Waals surface area contributed by atoms with Crippen LogP contribution in [0.5, 0.6) is 0 Å². The zero-order valence-corrected chi connectivity index (χ0v) is 14.7. The number of aromatic nitrogens is 2. The highest BCUT2D eigenvalue weighted by Gasteiger charge is 2.23. The molecular weight excluding hydrogens is 344 g/mol. The first-order valence-electron chi connectivity index (χ1n) is 7.52. The lowest BCUT2D eigenvalue weighted by molar-refractivity contribution is 0.585. The van der Waals surface area contributed by atoms with Crippen LogP contribution in [-0.4, -0.2) is 18.2 Å². The summed E-state index contributed by atoms with van der Waals surface area (Å²) in [4.78, 5) is 0. The summed E-state index contributed by atoms with van der Waals surface area (Å²) in [5.74, 6) is -0.00379. The molecule has 0 N–H and O–H groups in total. The normalized spacial score (nSPS) is 12.9. The Balaban J connectivity index is 1.77. The number of hydrogen-bond acceptors (Lipinski definition) is 3. The van der Waals surface area contributed by atoms with Gasteiger partial charge in [-0.15, -0.1) is 0 Å². The number of nitrogens with zero attached hydrogens (tertiary/aromatic N) is 2. The SMILES string of the molecule is C[C@@H](c1ccc(Cl)cc1)S(=O)(=O)Cc1ccc(-n2cccn2)cc1. The Morgan fingerprint density at radius 2 is 1.75 bits per heavy atom. The molecule has 0 bridgehead atoms. The van der Waals surface area contributed by atoms with Crippen molar-refractivity contribution in [3.05, 3.63) is 83.1 Å². The molecule has 3 rings (SSSR count). The molecular formula is C18H17ClN2O2S. The highest BCUT2D eigenvalue weighted by Crippen LogP contribution is 2.26. The van der Waals surface area contributed by atoms with Gasteiger partial charge in [0.15, 0.2) is 9.84 Å². The van der Waals surface area contributed by atoms with Gasteiger partial charge in [0.1, 0.15) is 0 Å². The summed E-state index contributed by atoms with van der Waals surface area (Å²) < 4.78 is 27.0. The van der Waals surface area contributed by atoms with Crippen molar-refractivity contribution in [2.24, 2.45) is 0 Å². The van der Waals surface area contributed by atoms with Gasteiger partial charge in [0.2, 0.25) is 0 Å². The Kier molecular flexibility index (Phi) is 4.73. The molecule has 0 spiro atoms. The first-order valence-corrected chi connectivity index (χ1v) is 9.61. The summed E-state index contributed by atoms with van der Waals surface area (Å²) in [5, 5.41) is 4.17. The number of rotatable bonds is 5. The Bertz CT molecular complexity index is 903. The van der Waals surface area contributed by atoms with Gasteiger partial charge in [-0.25, -0.2) is 13.1 Å². The van der Waals surface area contributed by atoms with E-state index in [1.807, 2.05) is 36.5 Å². The van der Waals surface area contributed by atoms with Crippen LogP contribution in [0, 0.1) is 0 Å². The second kappa shape index (κ2) is 6.79. The van der Waals surface area contributed by atoms with E-state index in [0.717, 1.165) is 16.8 Å². The highest BCUT2D eigenvalue weighted by atomic mass is 35.5. The topological polar surface area (TPSA) is 52.0 Å². The largest absolute Gasteiger partial charge is 0.241 e. The van der Waals surface area contributed by atoms with E-state index in [2.05, 4.69) is 5.10 Å². The van der Waals surface area contributed by atoms with Crippen molar-refractivity contribution in [1.82, 2.24) is 9.78 Å².